The number of aliphatic hydroxyl groups is 1. The lowest BCUT2D eigenvalue weighted by molar-refractivity contribution is -0.302. The molecule has 6 nitrogen and oxygen atoms in total. The van der Waals surface area contributed by atoms with Crippen molar-refractivity contribution in [3.8, 4) is 11.5 Å². The van der Waals surface area contributed by atoms with Gasteiger partial charge in [0.05, 0.1) is 19.2 Å². The Morgan fingerprint density at radius 3 is 2.50 bits per heavy atom. The molecule has 1 atom stereocenters. The molecule has 28 heavy (non-hydrogen) atoms. The van der Waals surface area contributed by atoms with Crippen molar-refractivity contribution < 1.29 is 32.5 Å². The van der Waals surface area contributed by atoms with Gasteiger partial charge in [0.1, 0.15) is 11.5 Å². The summed E-state index contributed by atoms with van der Waals surface area (Å²) in [6, 6.07) is 14.3. The minimum Gasteiger partial charge on any atom is -0.497 e. The number of alkyl halides is 3. The third kappa shape index (κ3) is 3.79. The minimum absolute atomic E-state index is 0.0464. The van der Waals surface area contributed by atoms with Crippen LogP contribution in [0.15, 0.2) is 59.7 Å². The van der Waals surface area contributed by atoms with Crippen LogP contribution in [0.1, 0.15) is 12.0 Å². The Morgan fingerprint density at radius 1 is 1.18 bits per heavy atom. The number of methoxy groups -OCH3 is 1. The van der Waals surface area contributed by atoms with Gasteiger partial charge in [-0.3, -0.25) is 4.79 Å². The number of para-hydroxylation sites is 1. The van der Waals surface area contributed by atoms with Gasteiger partial charge in [0.15, 0.2) is 6.61 Å². The second kappa shape index (κ2) is 7.51. The Hall–Kier alpha value is -3.07. The molecule has 1 heterocycles. The molecule has 3 rings (SSSR count). The first-order chi connectivity index (χ1) is 13.2. The van der Waals surface area contributed by atoms with Crippen molar-refractivity contribution in [3.05, 3.63) is 60.2 Å². The molecule has 1 aliphatic heterocycles. The average Bonchev–Trinajstić information content (AvgIpc) is 3.06. The van der Waals surface area contributed by atoms with Gasteiger partial charge in [-0.1, -0.05) is 30.3 Å². The highest BCUT2D eigenvalue weighted by Gasteiger charge is 2.63. The lowest BCUT2D eigenvalue weighted by atomic mass is 10.0. The molecule has 1 N–H and O–H groups in total. The van der Waals surface area contributed by atoms with Gasteiger partial charge >= 0.3 is 6.18 Å². The molecule has 0 aliphatic carbocycles. The number of hydrazone groups is 1. The van der Waals surface area contributed by atoms with E-state index >= 15 is 0 Å². The summed E-state index contributed by atoms with van der Waals surface area (Å²) >= 11 is 0. The zero-order valence-corrected chi connectivity index (χ0v) is 14.8. The van der Waals surface area contributed by atoms with Crippen LogP contribution in [0.2, 0.25) is 0 Å². The van der Waals surface area contributed by atoms with Crippen LogP contribution >= 0.6 is 0 Å². The first kappa shape index (κ1) is 19.7. The first-order valence-electron chi connectivity index (χ1n) is 8.26. The molecule has 0 radical (unpaired) electrons. The zero-order valence-electron chi connectivity index (χ0n) is 14.8. The van der Waals surface area contributed by atoms with Crippen molar-refractivity contribution in [2.75, 3.05) is 13.7 Å². The fourth-order valence-corrected chi connectivity index (χ4v) is 2.71. The van der Waals surface area contributed by atoms with E-state index in [2.05, 4.69) is 5.10 Å². The van der Waals surface area contributed by atoms with Crippen LogP contribution < -0.4 is 9.47 Å². The van der Waals surface area contributed by atoms with E-state index in [1.165, 1.54) is 19.2 Å². The standard InChI is InChI=1S/C19H17F3N2O4/c1-27-15-9-5-6-13(10-15)16-11-18(26,19(20,21)22)24(23-16)17(25)12-28-14-7-3-2-4-8-14/h2-10,26H,11-12H2,1H3. The zero-order chi connectivity index (χ0) is 20.4. The van der Waals surface area contributed by atoms with Gasteiger partial charge < -0.3 is 14.6 Å². The predicted molar refractivity (Wildman–Crippen MR) is 93.9 cm³/mol. The van der Waals surface area contributed by atoms with E-state index in [1.807, 2.05) is 0 Å². The molecule has 1 amide bonds. The summed E-state index contributed by atoms with van der Waals surface area (Å²) < 4.78 is 51.0. The largest absolute Gasteiger partial charge is 0.497 e. The number of amides is 1. The number of benzene rings is 2. The lowest BCUT2D eigenvalue weighted by Crippen LogP contribution is -2.57. The van der Waals surface area contributed by atoms with E-state index in [-0.39, 0.29) is 10.7 Å². The molecule has 0 fully saturated rings. The van der Waals surface area contributed by atoms with Crippen molar-refractivity contribution in [2.45, 2.75) is 18.3 Å². The number of carbonyl (C=O) groups excluding carboxylic acids is 1. The van der Waals surface area contributed by atoms with Crippen molar-refractivity contribution in [1.82, 2.24) is 5.01 Å². The maximum Gasteiger partial charge on any atom is 0.438 e. The maximum absolute atomic E-state index is 13.6. The number of halogens is 3. The fraction of sp³-hybridized carbons (Fsp3) is 0.263. The molecule has 2 aromatic rings. The Bertz CT molecular complexity index is 886. The normalized spacial score (nSPS) is 19.3. The van der Waals surface area contributed by atoms with Crippen LogP contribution in [0.4, 0.5) is 13.2 Å². The predicted octanol–water partition coefficient (Wildman–Crippen LogP) is 2.96. The summed E-state index contributed by atoms with van der Waals surface area (Å²) in [5.74, 6) is -0.405. The van der Waals surface area contributed by atoms with Gasteiger partial charge in [-0.15, -0.1) is 0 Å². The molecule has 0 aromatic heterocycles. The van der Waals surface area contributed by atoms with E-state index in [0.29, 0.717) is 17.1 Å². The molecular weight excluding hydrogens is 377 g/mol. The SMILES string of the molecule is COc1cccc(C2=NN(C(=O)COc3ccccc3)C(O)(C(F)(F)F)C2)c1. The van der Waals surface area contributed by atoms with Gasteiger partial charge in [-0.25, -0.2) is 0 Å². The van der Waals surface area contributed by atoms with E-state index in [4.69, 9.17) is 9.47 Å². The van der Waals surface area contributed by atoms with E-state index in [9.17, 15) is 23.1 Å². The molecular formula is C19H17F3N2O4. The molecule has 148 valence electrons. The molecule has 1 unspecified atom stereocenters. The topological polar surface area (TPSA) is 71.4 Å². The average molecular weight is 394 g/mol. The van der Waals surface area contributed by atoms with Crippen LogP contribution in [-0.2, 0) is 4.79 Å². The van der Waals surface area contributed by atoms with Gasteiger partial charge in [0.2, 0.25) is 0 Å². The van der Waals surface area contributed by atoms with Crippen LogP contribution in [0.5, 0.6) is 11.5 Å². The molecule has 0 bridgehead atoms. The lowest BCUT2D eigenvalue weighted by Gasteiger charge is -2.32. The second-order valence-corrected chi connectivity index (χ2v) is 6.08. The van der Waals surface area contributed by atoms with E-state index in [0.717, 1.165) is 0 Å². The monoisotopic (exact) mass is 394 g/mol. The third-order valence-electron chi connectivity index (χ3n) is 4.18. The Labute approximate surface area is 158 Å². The quantitative estimate of drug-likeness (QED) is 0.847. The van der Waals surface area contributed by atoms with Crippen molar-refractivity contribution >= 4 is 11.6 Å². The Balaban J connectivity index is 1.87. The number of hydrogen-bond acceptors (Lipinski definition) is 5. The van der Waals surface area contributed by atoms with Crippen molar-refractivity contribution in [3.63, 3.8) is 0 Å². The van der Waals surface area contributed by atoms with Crippen LogP contribution in [0, 0.1) is 0 Å². The summed E-state index contributed by atoms with van der Waals surface area (Å²) in [6.45, 7) is -0.711. The number of hydrogen-bond donors (Lipinski definition) is 1. The van der Waals surface area contributed by atoms with Crippen molar-refractivity contribution in [2.24, 2.45) is 5.10 Å². The maximum atomic E-state index is 13.6. The first-order valence-corrected chi connectivity index (χ1v) is 8.26. The summed E-state index contributed by atoms with van der Waals surface area (Å²) in [6.07, 6.45) is -6.01. The second-order valence-electron chi connectivity index (χ2n) is 6.08. The summed E-state index contributed by atoms with van der Waals surface area (Å²) in [5.41, 5.74) is -3.24. The Kier molecular flexibility index (Phi) is 5.28. The molecule has 2 aromatic carbocycles. The highest BCUT2D eigenvalue weighted by molar-refractivity contribution is 6.03. The molecule has 0 saturated carbocycles. The smallest absolute Gasteiger partial charge is 0.438 e. The highest BCUT2D eigenvalue weighted by Crippen LogP contribution is 2.41. The number of ether oxygens (including phenoxy) is 2. The molecule has 0 spiro atoms. The van der Waals surface area contributed by atoms with Crippen LogP contribution in [0.3, 0.4) is 0 Å². The number of carbonyl (C=O) groups is 1. The number of nitrogens with zero attached hydrogens (tertiary/aromatic N) is 2. The molecule has 9 heteroatoms. The summed E-state index contributed by atoms with van der Waals surface area (Å²) in [4.78, 5) is 12.4. The minimum atomic E-state index is -5.11. The molecule has 1 aliphatic rings. The number of rotatable bonds is 5. The van der Waals surface area contributed by atoms with E-state index < -0.39 is 30.8 Å². The molecule has 0 saturated heterocycles. The van der Waals surface area contributed by atoms with Crippen LogP contribution in [-0.4, -0.2) is 47.4 Å². The van der Waals surface area contributed by atoms with Crippen molar-refractivity contribution in [1.29, 1.82) is 0 Å². The van der Waals surface area contributed by atoms with Gasteiger partial charge in [0, 0.05) is 5.56 Å². The van der Waals surface area contributed by atoms with Gasteiger partial charge in [-0.2, -0.15) is 23.3 Å². The summed E-state index contributed by atoms with van der Waals surface area (Å²) in [5, 5.41) is 14.1. The Morgan fingerprint density at radius 2 is 1.86 bits per heavy atom. The van der Waals surface area contributed by atoms with Crippen LogP contribution in [0.25, 0.3) is 0 Å². The van der Waals surface area contributed by atoms with Gasteiger partial charge in [-0.05, 0) is 24.3 Å². The third-order valence-corrected chi connectivity index (χ3v) is 4.18. The van der Waals surface area contributed by atoms with E-state index in [1.54, 1.807) is 42.5 Å². The highest BCUT2D eigenvalue weighted by atomic mass is 19.4. The fourth-order valence-electron chi connectivity index (χ4n) is 2.71. The summed E-state index contributed by atoms with van der Waals surface area (Å²) in [7, 11) is 1.42. The van der Waals surface area contributed by atoms with Gasteiger partial charge in [0.25, 0.3) is 11.6 Å².